The number of carbonyl (C=O) groups is 2. The molecule has 0 aliphatic rings. The lowest BCUT2D eigenvalue weighted by Crippen LogP contribution is -2.47. The number of aryl methyl sites for hydroxylation is 2. The van der Waals surface area contributed by atoms with Crippen LogP contribution in [-0.2, 0) is 29.0 Å². The molecule has 2 rings (SSSR count). The van der Waals surface area contributed by atoms with Crippen molar-refractivity contribution in [1.82, 2.24) is 10.2 Å². The van der Waals surface area contributed by atoms with Crippen LogP contribution in [0.25, 0.3) is 0 Å². The second-order valence-electron chi connectivity index (χ2n) is 7.75. The molecule has 0 saturated carbocycles. The van der Waals surface area contributed by atoms with E-state index < -0.39 is 6.04 Å². The van der Waals surface area contributed by atoms with E-state index in [0.29, 0.717) is 29.4 Å². The summed E-state index contributed by atoms with van der Waals surface area (Å²) in [4.78, 5) is 27.5. The number of carbonyl (C=O) groups excluding carboxylic acids is 2. The van der Waals surface area contributed by atoms with Crippen molar-refractivity contribution >= 4 is 35.0 Å². The van der Waals surface area contributed by atoms with Crippen LogP contribution in [0.5, 0.6) is 0 Å². The molecular formula is C25H32Cl2N2O2. The average Bonchev–Trinajstić information content (AvgIpc) is 2.77. The normalized spacial score (nSPS) is 11.8. The van der Waals surface area contributed by atoms with E-state index >= 15 is 0 Å². The van der Waals surface area contributed by atoms with Crippen LogP contribution in [0.1, 0.15) is 56.7 Å². The lowest BCUT2D eigenvalue weighted by Gasteiger charge is -2.29. The second kappa shape index (κ2) is 12.7. The molecular weight excluding hydrogens is 431 g/mol. The maximum absolute atomic E-state index is 13.2. The van der Waals surface area contributed by atoms with Gasteiger partial charge in [0.1, 0.15) is 6.04 Å². The van der Waals surface area contributed by atoms with Gasteiger partial charge in [-0.3, -0.25) is 9.59 Å². The first-order valence-electron chi connectivity index (χ1n) is 10.9. The van der Waals surface area contributed by atoms with E-state index in [-0.39, 0.29) is 18.4 Å². The molecule has 0 fully saturated rings. The molecule has 4 nitrogen and oxygen atoms in total. The van der Waals surface area contributed by atoms with Crippen LogP contribution in [0, 0.1) is 0 Å². The highest BCUT2D eigenvalue weighted by molar-refractivity contribution is 6.35. The minimum atomic E-state index is -0.599. The summed E-state index contributed by atoms with van der Waals surface area (Å²) >= 11 is 12.4. The minimum absolute atomic E-state index is 0.0799. The van der Waals surface area contributed by atoms with Gasteiger partial charge in [0.05, 0.1) is 0 Å². The summed E-state index contributed by atoms with van der Waals surface area (Å²) < 4.78 is 0. The predicted octanol–water partition coefficient (Wildman–Crippen LogP) is 5.82. The summed E-state index contributed by atoms with van der Waals surface area (Å²) in [5.74, 6) is -0.233. The first-order valence-corrected chi connectivity index (χ1v) is 11.7. The Labute approximate surface area is 195 Å². The number of benzene rings is 2. The maximum Gasteiger partial charge on any atom is 0.242 e. The van der Waals surface area contributed by atoms with Crippen LogP contribution in [0.2, 0.25) is 10.0 Å². The number of rotatable bonds is 11. The summed E-state index contributed by atoms with van der Waals surface area (Å²) in [6.07, 6.45) is 3.83. The van der Waals surface area contributed by atoms with E-state index in [1.165, 1.54) is 5.56 Å². The number of hydrogen-bond donors (Lipinski definition) is 1. The number of nitrogens with one attached hydrogen (secondary N) is 1. The Balaban J connectivity index is 2.14. The van der Waals surface area contributed by atoms with Gasteiger partial charge in [0.2, 0.25) is 11.8 Å². The van der Waals surface area contributed by atoms with Crippen molar-refractivity contribution in [3.8, 4) is 0 Å². The van der Waals surface area contributed by atoms with Gasteiger partial charge in [0.15, 0.2) is 0 Å². The molecule has 2 amide bonds. The Bertz CT molecular complexity index is 868. The monoisotopic (exact) mass is 462 g/mol. The van der Waals surface area contributed by atoms with Crippen LogP contribution in [0.15, 0.2) is 42.5 Å². The zero-order valence-corrected chi connectivity index (χ0v) is 20.1. The lowest BCUT2D eigenvalue weighted by molar-refractivity contribution is -0.140. The Kier molecular flexibility index (Phi) is 10.4. The number of hydrogen-bond acceptors (Lipinski definition) is 2. The third-order valence-corrected chi connectivity index (χ3v) is 6.00. The highest BCUT2D eigenvalue weighted by atomic mass is 35.5. The molecule has 6 heteroatoms. The number of amides is 2. The number of nitrogens with zero attached hydrogens (tertiary/aromatic N) is 1. The molecule has 31 heavy (non-hydrogen) atoms. The quantitative estimate of drug-likeness (QED) is 0.427. The molecule has 0 spiro atoms. The van der Waals surface area contributed by atoms with E-state index in [1.54, 1.807) is 30.0 Å². The molecule has 0 heterocycles. The van der Waals surface area contributed by atoms with Gasteiger partial charge in [0.25, 0.3) is 0 Å². The molecule has 0 saturated heterocycles. The van der Waals surface area contributed by atoms with Gasteiger partial charge in [0, 0.05) is 29.6 Å². The fourth-order valence-electron chi connectivity index (χ4n) is 3.29. The Morgan fingerprint density at radius 2 is 1.71 bits per heavy atom. The molecule has 168 valence electrons. The topological polar surface area (TPSA) is 49.4 Å². The average molecular weight is 463 g/mol. The number of halogens is 2. The van der Waals surface area contributed by atoms with Gasteiger partial charge in [-0.1, -0.05) is 73.8 Å². The van der Waals surface area contributed by atoms with Crippen molar-refractivity contribution in [3.05, 3.63) is 69.2 Å². The molecule has 0 aliphatic heterocycles. The van der Waals surface area contributed by atoms with E-state index in [1.807, 2.05) is 0 Å². The van der Waals surface area contributed by atoms with Gasteiger partial charge in [-0.2, -0.15) is 0 Å². The van der Waals surface area contributed by atoms with Gasteiger partial charge in [-0.15, -0.1) is 0 Å². The highest BCUT2D eigenvalue weighted by Gasteiger charge is 2.26. The van der Waals surface area contributed by atoms with Gasteiger partial charge in [-0.25, -0.2) is 0 Å². The van der Waals surface area contributed by atoms with Crippen LogP contribution >= 0.6 is 23.2 Å². The molecule has 0 unspecified atom stereocenters. The fourth-order valence-corrected chi connectivity index (χ4v) is 3.76. The van der Waals surface area contributed by atoms with Crippen molar-refractivity contribution in [3.63, 3.8) is 0 Å². The molecule has 1 atom stereocenters. The molecule has 0 aromatic heterocycles. The molecule has 1 N–H and O–H groups in total. The predicted molar refractivity (Wildman–Crippen MR) is 129 cm³/mol. The van der Waals surface area contributed by atoms with Crippen molar-refractivity contribution in [1.29, 1.82) is 0 Å². The van der Waals surface area contributed by atoms with E-state index in [9.17, 15) is 9.59 Å². The van der Waals surface area contributed by atoms with Gasteiger partial charge in [-0.05, 0) is 55.0 Å². The minimum Gasteiger partial charge on any atom is -0.354 e. The molecule has 2 aromatic rings. The summed E-state index contributed by atoms with van der Waals surface area (Å²) in [5, 5.41) is 3.95. The third kappa shape index (κ3) is 7.86. The summed E-state index contributed by atoms with van der Waals surface area (Å²) in [7, 11) is 0. The van der Waals surface area contributed by atoms with Crippen LogP contribution in [0.4, 0.5) is 0 Å². The lowest BCUT2D eigenvalue weighted by atomic mass is 10.0. The molecule has 0 aliphatic carbocycles. The first kappa shape index (κ1) is 25.2. The molecule has 0 bridgehead atoms. The summed E-state index contributed by atoms with van der Waals surface area (Å²) in [6, 6.07) is 12.9. The summed E-state index contributed by atoms with van der Waals surface area (Å²) in [5.41, 5.74) is 3.14. The van der Waals surface area contributed by atoms with Gasteiger partial charge >= 0.3 is 0 Å². The standard InChI is InChI=1S/C25H32Cl2N2O2/c1-4-6-15-28-25(31)18(3)29(17-21-12-13-22(26)16-23(21)27)24(30)14-11-20-9-7-19(5-2)8-10-20/h7-10,12-13,16,18H,4-6,11,14-15,17H2,1-3H3,(H,28,31)/t18-/m1/s1. The van der Waals surface area contributed by atoms with Crippen molar-refractivity contribution in [2.45, 2.75) is 65.5 Å². The van der Waals surface area contributed by atoms with Crippen LogP contribution in [-0.4, -0.2) is 29.3 Å². The number of unbranched alkanes of at least 4 members (excludes halogenated alkanes) is 1. The Hall–Kier alpha value is -2.04. The largest absolute Gasteiger partial charge is 0.354 e. The van der Waals surface area contributed by atoms with E-state index in [4.69, 9.17) is 23.2 Å². The van der Waals surface area contributed by atoms with Crippen LogP contribution in [0.3, 0.4) is 0 Å². The highest BCUT2D eigenvalue weighted by Crippen LogP contribution is 2.23. The van der Waals surface area contributed by atoms with E-state index in [0.717, 1.165) is 30.4 Å². The zero-order valence-electron chi connectivity index (χ0n) is 18.6. The molecule has 2 aromatic carbocycles. The smallest absolute Gasteiger partial charge is 0.242 e. The van der Waals surface area contributed by atoms with Gasteiger partial charge < -0.3 is 10.2 Å². The Morgan fingerprint density at radius 3 is 2.32 bits per heavy atom. The Morgan fingerprint density at radius 1 is 1.03 bits per heavy atom. The van der Waals surface area contributed by atoms with Crippen molar-refractivity contribution in [2.75, 3.05) is 6.54 Å². The molecule has 0 radical (unpaired) electrons. The maximum atomic E-state index is 13.2. The first-order chi connectivity index (χ1) is 14.8. The SMILES string of the molecule is CCCCNC(=O)[C@@H](C)N(Cc1ccc(Cl)cc1Cl)C(=O)CCc1ccc(CC)cc1. The van der Waals surface area contributed by atoms with Crippen molar-refractivity contribution in [2.24, 2.45) is 0 Å². The van der Waals surface area contributed by atoms with E-state index in [2.05, 4.69) is 43.4 Å². The third-order valence-electron chi connectivity index (χ3n) is 5.41. The fraction of sp³-hybridized carbons (Fsp3) is 0.440. The summed E-state index contributed by atoms with van der Waals surface area (Å²) in [6.45, 7) is 6.81. The zero-order chi connectivity index (χ0) is 22.8. The second-order valence-corrected chi connectivity index (χ2v) is 8.59. The van der Waals surface area contributed by atoms with Crippen LogP contribution < -0.4 is 5.32 Å². The van der Waals surface area contributed by atoms with Crippen molar-refractivity contribution < 1.29 is 9.59 Å².